The molecule has 2 unspecified atom stereocenters. The Bertz CT molecular complexity index is 1040. The monoisotopic (exact) mass is 486 g/mol. The minimum absolute atomic E-state index is 0.0156. The number of carbonyl (C=O) groups excluding carboxylic acids is 1. The molecule has 1 aliphatic heterocycles. The van der Waals surface area contributed by atoms with E-state index >= 15 is 0 Å². The lowest BCUT2D eigenvalue weighted by molar-refractivity contribution is -0.127. The Morgan fingerprint density at radius 3 is 2.90 bits per heavy atom. The molecular weight excluding hydrogens is 463 g/mol. The summed E-state index contributed by atoms with van der Waals surface area (Å²) in [7, 11) is 0. The number of likely N-dealkylation sites (tertiary alicyclic amines) is 1. The van der Waals surface area contributed by atoms with Crippen LogP contribution in [0.1, 0.15) is 37.3 Å². The van der Waals surface area contributed by atoms with Crippen molar-refractivity contribution in [1.29, 1.82) is 0 Å². The third-order valence-electron chi connectivity index (χ3n) is 5.51. The SMILES string of the molecule is CC(NC(=O)C1CCCN(Cc2nc(-c3cccc(Br)c3)no2)C1)c1ccc(F)cc1. The van der Waals surface area contributed by atoms with Crippen LogP contribution in [0.15, 0.2) is 57.5 Å². The molecule has 4 rings (SSSR count). The lowest BCUT2D eigenvalue weighted by atomic mass is 9.96. The fraction of sp³-hybridized carbons (Fsp3) is 0.348. The molecule has 2 atom stereocenters. The van der Waals surface area contributed by atoms with Gasteiger partial charge in [-0.25, -0.2) is 4.39 Å². The van der Waals surface area contributed by atoms with Crippen molar-refractivity contribution in [3.05, 3.63) is 70.3 Å². The number of aromatic nitrogens is 2. The molecule has 6 nitrogen and oxygen atoms in total. The Kier molecular flexibility index (Phi) is 6.77. The molecule has 1 aromatic heterocycles. The third kappa shape index (κ3) is 5.57. The maximum Gasteiger partial charge on any atom is 0.241 e. The molecule has 0 aliphatic carbocycles. The van der Waals surface area contributed by atoms with Gasteiger partial charge in [-0.1, -0.05) is 45.4 Å². The topological polar surface area (TPSA) is 71.3 Å². The van der Waals surface area contributed by atoms with Crippen molar-refractivity contribution in [2.45, 2.75) is 32.4 Å². The van der Waals surface area contributed by atoms with E-state index in [-0.39, 0.29) is 23.7 Å². The summed E-state index contributed by atoms with van der Waals surface area (Å²) in [5.74, 6) is 0.715. The number of hydrogen-bond acceptors (Lipinski definition) is 5. The first-order chi connectivity index (χ1) is 15.0. The average molecular weight is 487 g/mol. The number of carbonyl (C=O) groups is 1. The van der Waals surface area contributed by atoms with Crippen molar-refractivity contribution in [3.8, 4) is 11.4 Å². The lowest BCUT2D eigenvalue weighted by Crippen LogP contribution is -2.43. The number of halogens is 2. The van der Waals surface area contributed by atoms with E-state index in [9.17, 15) is 9.18 Å². The van der Waals surface area contributed by atoms with Gasteiger partial charge in [0.25, 0.3) is 0 Å². The van der Waals surface area contributed by atoms with Crippen molar-refractivity contribution in [1.82, 2.24) is 20.4 Å². The van der Waals surface area contributed by atoms with Crippen LogP contribution in [0.4, 0.5) is 4.39 Å². The Morgan fingerprint density at radius 1 is 1.32 bits per heavy atom. The quantitative estimate of drug-likeness (QED) is 0.545. The van der Waals surface area contributed by atoms with E-state index in [4.69, 9.17) is 4.52 Å². The molecule has 2 aromatic carbocycles. The second-order valence-electron chi connectivity index (χ2n) is 7.88. The summed E-state index contributed by atoms with van der Waals surface area (Å²) in [6.45, 7) is 3.94. The van der Waals surface area contributed by atoms with E-state index in [0.29, 0.717) is 24.8 Å². The first-order valence-electron chi connectivity index (χ1n) is 10.3. The predicted octanol–water partition coefficient (Wildman–Crippen LogP) is 4.73. The molecule has 1 aliphatic rings. The van der Waals surface area contributed by atoms with Crippen molar-refractivity contribution in [2.75, 3.05) is 13.1 Å². The van der Waals surface area contributed by atoms with Crippen LogP contribution in [0.5, 0.6) is 0 Å². The molecule has 2 heterocycles. The van der Waals surface area contributed by atoms with Crippen LogP contribution in [0.3, 0.4) is 0 Å². The van der Waals surface area contributed by atoms with Gasteiger partial charge in [0.2, 0.25) is 17.6 Å². The number of amides is 1. The van der Waals surface area contributed by atoms with E-state index in [1.54, 1.807) is 12.1 Å². The van der Waals surface area contributed by atoms with Crippen LogP contribution >= 0.6 is 15.9 Å². The van der Waals surface area contributed by atoms with Gasteiger partial charge in [0.15, 0.2) is 0 Å². The Morgan fingerprint density at radius 2 is 2.13 bits per heavy atom. The molecule has 0 spiro atoms. The molecule has 31 heavy (non-hydrogen) atoms. The zero-order chi connectivity index (χ0) is 21.8. The summed E-state index contributed by atoms with van der Waals surface area (Å²) in [6, 6.07) is 13.8. The van der Waals surface area contributed by atoms with E-state index in [0.717, 1.165) is 35.0 Å². The molecule has 0 radical (unpaired) electrons. The van der Waals surface area contributed by atoms with Crippen molar-refractivity contribution >= 4 is 21.8 Å². The van der Waals surface area contributed by atoms with Crippen LogP contribution in [0.2, 0.25) is 0 Å². The number of nitrogens with one attached hydrogen (secondary N) is 1. The fourth-order valence-corrected chi connectivity index (χ4v) is 4.23. The highest BCUT2D eigenvalue weighted by molar-refractivity contribution is 9.10. The normalized spacial score (nSPS) is 18.0. The molecule has 162 valence electrons. The van der Waals surface area contributed by atoms with Gasteiger partial charge in [-0.3, -0.25) is 9.69 Å². The standard InChI is InChI=1S/C23H24BrFN4O2/c1-15(16-7-9-20(25)10-8-16)26-23(30)18-5-3-11-29(13-18)14-21-27-22(28-31-21)17-4-2-6-19(24)12-17/h2,4,6-10,12,15,18H,3,5,11,13-14H2,1H3,(H,26,30). The summed E-state index contributed by atoms with van der Waals surface area (Å²) < 4.78 is 19.5. The third-order valence-corrected chi connectivity index (χ3v) is 6.01. The maximum absolute atomic E-state index is 13.1. The van der Waals surface area contributed by atoms with Crippen LogP contribution in [0.25, 0.3) is 11.4 Å². The van der Waals surface area contributed by atoms with Gasteiger partial charge in [0, 0.05) is 16.6 Å². The number of hydrogen-bond donors (Lipinski definition) is 1. The van der Waals surface area contributed by atoms with Crippen molar-refractivity contribution < 1.29 is 13.7 Å². The zero-order valence-corrected chi connectivity index (χ0v) is 18.8. The van der Waals surface area contributed by atoms with E-state index < -0.39 is 0 Å². The minimum Gasteiger partial charge on any atom is -0.349 e. The molecule has 1 saturated heterocycles. The van der Waals surface area contributed by atoms with Crippen LogP contribution in [-0.2, 0) is 11.3 Å². The van der Waals surface area contributed by atoms with E-state index in [1.165, 1.54) is 12.1 Å². The van der Waals surface area contributed by atoms with Gasteiger partial charge in [0.05, 0.1) is 18.5 Å². The number of piperidine rings is 1. The zero-order valence-electron chi connectivity index (χ0n) is 17.2. The van der Waals surface area contributed by atoms with E-state index in [2.05, 4.69) is 36.3 Å². The van der Waals surface area contributed by atoms with Gasteiger partial charge >= 0.3 is 0 Å². The molecule has 1 fully saturated rings. The summed E-state index contributed by atoms with van der Waals surface area (Å²) >= 11 is 3.45. The minimum atomic E-state index is -0.283. The molecule has 0 bridgehead atoms. The molecule has 1 N–H and O–H groups in total. The van der Waals surface area contributed by atoms with Crippen LogP contribution in [-0.4, -0.2) is 34.0 Å². The lowest BCUT2D eigenvalue weighted by Gasteiger charge is -2.31. The number of rotatable bonds is 6. The molecular formula is C23H24BrFN4O2. The highest BCUT2D eigenvalue weighted by atomic mass is 79.9. The molecule has 8 heteroatoms. The van der Waals surface area contributed by atoms with Gasteiger partial charge in [-0.05, 0) is 56.1 Å². The van der Waals surface area contributed by atoms with Gasteiger partial charge < -0.3 is 9.84 Å². The fourth-order valence-electron chi connectivity index (χ4n) is 3.83. The molecule has 3 aromatic rings. The highest BCUT2D eigenvalue weighted by Gasteiger charge is 2.28. The summed E-state index contributed by atoms with van der Waals surface area (Å²) in [4.78, 5) is 19.5. The predicted molar refractivity (Wildman–Crippen MR) is 118 cm³/mol. The molecule has 0 saturated carbocycles. The van der Waals surface area contributed by atoms with E-state index in [1.807, 2.05) is 31.2 Å². The second kappa shape index (κ2) is 9.70. The van der Waals surface area contributed by atoms with Crippen molar-refractivity contribution in [2.24, 2.45) is 5.92 Å². The van der Waals surface area contributed by atoms with Gasteiger partial charge in [-0.2, -0.15) is 4.98 Å². The number of nitrogens with zero attached hydrogens (tertiary/aromatic N) is 3. The smallest absolute Gasteiger partial charge is 0.241 e. The molecule has 1 amide bonds. The Labute approximate surface area is 189 Å². The second-order valence-corrected chi connectivity index (χ2v) is 8.79. The highest BCUT2D eigenvalue weighted by Crippen LogP contribution is 2.23. The summed E-state index contributed by atoms with van der Waals surface area (Å²) in [5, 5.41) is 7.14. The summed E-state index contributed by atoms with van der Waals surface area (Å²) in [6.07, 6.45) is 1.77. The first kappa shape index (κ1) is 21.6. The van der Waals surface area contributed by atoms with Crippen molar-refractivity contribution in [3.63, 3.8) is 0 Å². The Hall–Kier alpha value is -2.58. The van der Waals surface area contributed by atoms with Gasteiger partial charge in [-0.15, -0.1) is 0 Å². The number of benzene rings is 2. The van der Waals surface area contributed by atoms with Crippen LogP contribution < -0.4 is 5.32 Å². The largest absolute Gasteiger partial charge is 0.349 e. The first-order valence-corrected chi connectivity index (χ1v) is 11.1. The maximum atomic E-state index is 13.1. The summed E-state index contributed by atoms with van der Waals surface area (Å²) in [5.41, 5.74) is 1.77. The van der Waals surface area contributed by atoms with Gasteiger partial charge in [0.1, 0.15) is 5.82 Å². The van der Waals surface area contributed by atoms with Crippen LogP contribution in [0, 0.1) is 11.7 Å². The average Bonchev–Trinajstić information content (AvgIpc) is 3.23. The Balaban J connectivity index is 1.34.